The lowest BCUT2D eigenvalue weighted by Crippen LogP contribution is -2.55. The number of amides is 2. The molecule has 0 aromatic heterocycles. The van der Waals surface area contributed by atoms with Crippen molar-refractivity contribution in [1.29, 1.82) is 0 Å². The number of benzene rings is 1. The molecule has 1 aromatic rings. The Morgan fingerprint density at radius 1 is 1.35 bits per heavy atom. The molecule has 1 aromatic carbocycles. The van der Waals surface area contributed by atoms with Crippen LogP contribution in [0.15, 0.2) is 24.3 Å². The van der Waals surface area contributed by atoms with Crippen LogP contribution in [0.5, 0.6) is 0 Å². The SMILES string of the molecule is COC(=O)c1cccc(C(=O)N2CCNC(=O)C2C)c1. The van der Waals surface area contributed by atoms with Crippen molar-refractivity contribution in [3.8, 4) is 0 Å². The summed E-state index contributed by atoms with van der Waals surface area (Å²) >= 11 is 0. The molecule has 1 aliphatic heterocycles. The lowest BCUT2D eigenvalue weighted by atomic mass is 10.1. The molecule has 1 heterocycles. The van der Waals surface area contributed by atoms with Gasteiger partial charge >= 0.3 is 5.97 Å². The summed E-state index contributed by atoms with van der Waals surface area (Å²) < 4.78 is 4.63. The summed E-state index contributed by atoms with van der Waals surface area (Å²) in [6.07, 6.45) is 0. The number of esters is 1. The molecule has 6 nitrogen and oxygen atoms in total. The molecule has 2 rings (SSSR count). The zero-order valence-electron chi connectivity index (χ0n) is 11.4. The highest BCUT2D eigenvalue weighted by atomic mass is 16.5. The molecule has 2 amide bonds. The average molecular weight is 276 g/mol. The molecule has 0 spiro atoms. The van der Waals surface area contributed by atoms with Gasteiger partial charge in [0.15, 0.2) is 0 Å². The lowest BCUT2D eigenvalue weighted by molar-refractivity contribution is -0.127. The van der Waals surface area contributed by atoms with Crippen LogP contribution in [0.4, 0.5) is 0 Å². The van der Waals surface area contributed by atoms with Crippen LogP contribution in [0.25, 0.3) is 0 Å². The standard InChI is InChI=1S/C14H16N2O4/c1-9-12(17)15-6-7-16(9)13(18)10-4-3-5-11(8-10)14(19)20-2/h3-5,8-9H,6-7H2,1-2H3,(H,15,17). The largest absolute Gasteiger partial charge is 0.465 e. The number of ether oxygens (including phenoxy) is 1. The minimum Gasteiger partial charge on any atom is -0.465 e. The maximum absolute atomic E-state index is 12.4. The second-order valence-corrected chi connectivity index (χ2v) is 4.54. The van der Waals surface area contributed by atoms with Gasteiger partial charge in [-0.1, -0.05) is 6.07 Å². The van der Waals surface area contributed by atoms with Gasteiger partial charge in [0.05, 0.1) is 12.7 Å². The molecule has 1 saturated heterocycles. The molecule has 0 saturated carbocycles. The predicted molar refractivity (Wildman–Crippen MR) is 71.3 cm³/mol. The normalized spacial score (nSPS) is 18.4. The number of rotatable bonds is 2. The first-order chi connectivity index (χ1) is 9.54. The van der Waals surface area contributed by atoms with Gasteiger partial charge < -0.3 is 15.0 Å². The van der Waals surface area contributed by atoms with Crippen LogP contribution in [0, 0.1) is 0 Å². The van der Waals surface area contributed by atoms with Gasteiger partial charge in [0.25, 0.3) is 5.91 Å². The van der Waals surface area contributed by atoms with Crippen LogP contribution < -0.4 is 5.32 Å². The maximum atomic E-state index is 12.4. The molecule has 1 atom stereocenters. The van der Waals surface area contributed by atoms with Crippen molar-refractivity contribution >= 4 is 17.8 Å². The molecule has 1 unspecified atom stereocenters. The number of nitrogens with one attached hydrogen (secondary N) is 1. The third-order valence-electron chi connectivity index (χ3n) is 3.29. The molecule has 20 heavy (non-hydrogen) atoms. The summed E-state index contributed by atoms with van der Waals surface area (Å²) in [7, 11) is 1.29. The molecule has 106 valence electrons. The summed E-state index contributed by atoms with van der Waals surface area (Å²) in [5.41, 5.74) is 0.682. The van der Waals surface area contributed by atoms with Gasteiger partial charge in [0.2, 0.25) is 5.91 Å². The fourth-order valence-electron chi connectivity index (χ4n) is 2.12. The van der Waals surface area contributed by atoms with Gasteiger partial charge in [-0.3, -0.25) is 9.59 Å². The van der Waals surface area contributed by atoms with E-state index in [-0.39, 0.29) is 11.8 Å². The quantitative estimate of drug-likeness (QED) is 0.795. The van der Waals surface area contributed by atoms with Crippen LogP contribution in [0.2, 0.25) is 0 Å². The predicted octanol–water partition coefficient (Wildman–Crippen LogP) is 0.434. The zero-order valence-corrected chi connectivity index (χ0v) is 11.4. The Morgan fingerprint density at radius 3 is 2.75 bits per heavy atom. The number of carbonyl (C=O) groups is 3. The fraction of sp³-hybridized carbons (Fsp3) is 0.357. The molecular weight excluding hydrogens is 260 g/mol. The first-order valence-corrected chi connectivity index (χ1v) is 6.31. The Balaban J connectivity index is 2.24. The van der Waals surface area contributed by atoms with Gasteiger partial charge in [0, 0.05) is 18.7 Å². The van der Waals surface area contributed by atoms with Crippen LogP contribution in [0.1, 0.15) is 27.6 Å². The second kappa shape index (κ2) is 5.73. The molecule has 6 heteroatoms. The number of hydrogen-bond donors (Lipinski definition) is 1. The van der Waals surface area contributed by atoms with Crippen LogP contribution in [0.3, 0.4) is 0 Å². The highest BCUT2D eigenvalue weighted by Gasteiger charge is 2.30. The Labute approximate surface area is 116 Å². The molecule has 1 N–H and O–H groups in total. The van der Waals surface area contributed by atoms with E-state index in [1.807, 2.05) is 0 Å². The Morgan fingerprint density at radius 2 is 2.05 bits per heavy atom. The van der Waals surface area contributed by atoms with Crippen LogP contribution >= 0.6 is 0 Å². The van der Waals surface area contributed by atoms with Gasteiger partial charge in [0.1, 0.15) is 6.04 Å². The number of hydrogen-bond acceptors (Lipinski definition) is 4. The van der Waals surface area contributed by atoms with E-state index in [4.69, 9.17) is 0 Å². The third-order valence-corrected chi connectivity index (χ3v) is 3.29. The van der Waals surface area contributed by atoms with Crippen molar-refractivity contribution in [3.05, 3.63) is 35.4 Å². The minimum atomic E-state index is -0.516. The summed E-state index contributed by atoms with van der Waals surface area (Å²) in [6.45, 7) is 2.57. The van der Waals surface area contributed by atoms with E-state index < -0.39 is 12.0 Å². The van der Waals surface area contributed by atoms with E-state index in [0.29, 0.717) is 24.2 Å². The summed E-state index contributed by atoms with van der Waals surface area (Å²) in [6, 6.07) is 5.78. The maximum Gasteiger partial charge on any atom is 0.337 e. The van der Waals surface area contributed by atoms with Crippen molar-refractivity contribution < 1.29 is 19.1 Å². The van der Waals surface area contributed by atoms with E-state index in [0.717, 1.165) is 0 Å². The topological polar surface area (TPSA) is 75.7 Å². The minimum absolute atomic E-state index is 0.172. The van der Waals surface area contributed by atoms with Crippen molar-refractivity contribution in [1.82, 2.24) is 10.2 Å². The smallest absolute Gasteiger partial charge is 0.337 e. The van der Waals surface area contributed by atoms with Crippen molar-refractivity contribution in [2.45, 2.75) is 13.0 Å². The number of piperazine rings is 1. The number of methoxy groups -OCH3 is 1. The Hall–Kier alpha value is -2.37. The molecule has 1 fully saturated rings. The van der Waals surface area contributed by atoms with E-state index >= 15 is 0 Å². The van der Waals surface area contributed by atoms with Crippen molar-refractivity contribution in [3.63, 3.8) is 0 Å². The summed E-state index contributed by atoms with van der Waals surface area (Å²) in [5.74, 6) is -0.934. The summed E-state index contributed by atoms with van der Waals surface area (Å²) in [4.78, 5) is 37.0. The van der Waals surface area contributed by atoms with Crippen LogP contribution in [-0.2, 0) is 9.53 Å². The third kappa shape index (κ3) is 2.64. The number of carbonyl (C=O) groups excluding carboxylic acids is 3. The average Bonchev–Trinajstić information content (AvgIpc) is 2.48. The van der Waals surface area contributed by atoms with E-state index in [2.05, 4.69) is 10.1 Å². The van der Waals surface area contributed by atoms with Crippen molar-refractivity contribution in [2.24, 2.45) is 0 Å². The van der Waals surface area contributed by atoms with Crippen LogP contribution in [-0.4, -0.2) is 48.9 Å². The first-order valence-electron chi connectivity index (χ1n) is 6.31. The zero-order chi connectivity index (χ0) is 14.7. The molecule has 0 aliphatic carbocycles. The van der Waals surface area contributed by atoms with Gasteiger partial charge in [-0.25, -0.2) is 4.79 Å². The first kappa shape index (κ1) is 14.0. The molecule has 0 bridgehead atoms. The van der Waals surface area contributed by atoms with E-state index in [1.54, 1.807) is 25.1 Å². The highest BCUT2D eigenvalue weighted by molar-refractivity contribution is 6.00. The molecular formula is C14H16N2O4. The number of nitrogens with zero attached hydrogens (tertiary/aromatic N) is 1. The van der Waals surface area contributed by atoms with Gasteiger partial charge in [-0.2, -0.15) is 0 Å². The monoisotopic (exact) mass is 276 g/mol. The molecule has 1 aliphatic rings. The van der Waals surface area contributed by atoms with Crippen molar-refractivity contribution in [2.75, 3.05) is 20.2 Å². The highest BCUT2D eigenvalue weighted by Crippen LogP contribution is 2.13. The second-order valence-electron chi connectivity index (χ2n) is 4.54. The van der Waals surface area contributed by atoms with Gasteiger partial charge in [-0.15, -0.1) is 0 Å². The molecule has 0 radical (unpaired) electrons. The Bertz CT molecular complexity index is 556. The van der Waals surface area contributed by atoms with E-state index in [9.17, 15) is 14.4 Å². The van der Waals surface area contributed by atoms with E-state index in [1.165, 1.54) is 18.1 Å². The fourth-order valence-corrected chi connectivity index (χ4v) is 2.12. The summed E-state index contributed by atoms with van der Waals surface area (Å²) in [5, 5.41) is 2.70. The van der Waals surface area contributed by atoms with Gasteiger partial charge in [-0.05, 0) is 25.1 Å². The Kier molecular flexibility index (Phi) is 4.02. The lowest BCUT2D eigenvalue weighted by Gasteiger charge is -2.32.